The van der Waals surface area contributed by atoms with Gasteiger partial charge in [0.05, 0.1) is 6.54 Å². The van der Waals surface area contributed by atoms with Crippen LogP contribution in [0.25, 0.3) is 0 Å². The summed E-state index contributed by atoms with van der Waals surface area (Å²) in [6, 6.07) is 0. The molecule has 0 aromatic heterocycles. The second kappa shape index (κ2) is 3.56. The summed E-state index contributed by atoms with van der Waals surface area (Å²) in [5.41, 5.74) is -0.164. The molecule has 0 amide bonds. The van der Waals surface area contributed by atoms with Crippen molar-refractivity contribution in [2.45, 2.75) is 33.6 Å². The van der Waals surface area contributed by atoms with E-state index in [1.54, 1.807) is 0 Å². The third kappa shape index (κ3) is 2.59. The van der Waals surface area contributed by atoms with E-state index in [1.807, 2.05) is 20.8 Å². The minimum atomic E-state index is -0.164. The highest BCUT2D eigenvalue weighted by Crippen LogP contribution is 2.16. The summed E-state index contributed by atoms with van der Waals surface area (Å²) in [6.07, 6.45) is 2.52. The largest absolute Gasteiger partial charge is 0.298 e. The zero-order valence-corrected chi connectivity index (χ0v) is 8.39. The van der Waals surface area contributed by atoms with Crippen LogP contribution in [0.4, 0.5) is 0 Å². The summed E-state index contributed by atoms with van der Waals surface area (Å²) in [6.45, 7) is 8.86. The Hall–Kier alpha value is -0.370. The first-order valence-electron chi connectivity index (χ1n) is 4.76. The zero-order valence-electron chi connectivity index (χ0n) is 8.39. The molecule has 0 saturated carbocycles. The molecule has 0 aliphatic carbocycles. The van der Waals surface area contributed by atoms with E-state index in [-0.39, 0.29) is 5.41 Å². The summed E-state index contributed by atoms with van der Waals surface area (Å²) in [5.74, 6) is 0.365. The van der Waals surface area contributed by atoms with E-state index in [0.29, 0.717) is 12.3 Å². The standard InChI is InChI=1S/C10H19NO/c1-10(2,3)9(12)8-11-6-4-5-7-11/h4-8H2,1-3H3. The molecule has 70 valence electrons. The molecule has 2 nitrogen and oxygen atoms in total. The van der Waals surface area contributed by atoms with E-state index < -0.39 is 0 Å². The Balaban J connectivity index is 2.35. The summed E-state index contributed by atoms with van der Waals surface area (Å²) in [4.78, 5) is 13.8. The normalized spacial score (nSPS) is 19.9. The van der Waals surface area contributed by atoms with Gasteiger partial charge in [-0.1, -0.05) is 20.8 Å². The molecule has 0 spiro atoms. The van der Waals surface area contributed by atoms with Crippen molar-refractivity contribution in [1.82, 2.24) is 4.90 Å². The van der Waals surface area contributed by atoms with Crippen LogP contribution < -0.4 is 0 Å². The first kappa shape index (κ1) is 9.72. The molecule has 12 heavy (non-hydrogen) atoms. The van der Waals surface area contributed by atoms with Crippen LogP contribution in [0, 0.1) is 5.41 Å². The molecule has 0 radical (unpaired) electrons. The number of nitrogens with zero attached hydrogens (tertiary/aromatic N) is 1. The fourth-order valence-corrected chi connectivity index (χ4v) is 1.38. The van der Waals surface area contributed by atoms with Crippen LogP contribution >= 0.6 is 0 Å². The highest BCUT2D eigenvalue weighted by molar-refractivity contribution is 5.85. The molecule has 1 aliphatic rings. The lowest BCUT2D eigenvalue weighted by molar-refractivity contribution is -0.127. The molecule has 1 rings (SSSR count). The molecule has 2 heteroatoms. The van der Waals surface area contributed by atoms with Crippen molar-refractivity contribution in [1.29, 1.82) is 0 Å². The highest BCUT2D eigenvalue weighted by Gasteiger charge is 2.24. The molecule has 1 fully saturated rings. The average molecular weight is 169 g/mol. The zero-order chi connectivity index (χ0) is 9.19. The summed E-state index contributed by atoms with van der Waals surface area (Å²) in [7, 11) is 0. The van der Waals surface area contributed by atoms with E-state index in [9.17, 15) is 4.79 Å². The van der Waals surface area contributed by atoms with Crippen molar-refractivity contribution in [3.63, 3.8) is 0 Å². The van der Waals surface area contributed by atoms with Crippen molar-refractivity contribution in [3.05, 3.63) is 0 Å². The quantitative estimate of drug-likeness (QED) is 0.627. The number of rotatable bonds is 2. The molecule has 0 aromatic rings. The van der Waals surface area contributed by atoms with E-state index in [1.165, 1.54) is 12.8 Å². The van der Waals surface area contributed by atoms with Crippen molar-refractivity contribution in [3.8, 4) is 0 Å². The van der Waals surface area contributed by atoms with Gasteiger partial charge in [0.25, 0.3) is 0 Å². The summed E-state index contributed by atoms with van der Waals surface area (Å²) in [5, 5.41) is 0. The Kier molecular flexibility index (Phi) is 2.89. The van der Waals surface area contributed by atoms with Crippen LogP contribution in [0.1, 0.15) is 33.6 Å². The van der Waals surface area contributed by atoms with Crippen LogP contribution in [0.3, 0.4) is 0 Å². The monoisotopic (exact) mass is 169 g/mol. The highest BCUT2D eigenvalue weighted by atomic mass is 16.1. The minimum Gasteiger partial charge on any atom is -0.298 e. The number of Topliss-reactive ketones (excluding diaryl/α,β-unsaturated/α-hetero) is 1. The average Bonchev–Trinajstić information content (AvgIpc) is 2.37. The van der Waals surface area contributed by atoms with Gasteiger partial charge in [-0.15, -0.1) is 0 Å². The third-order valence-corrected chi connectivity index (χ3v) is 2.40. The minimum absolute atomic E-state index is 0.164. The Labute approximate surface area is 74.9 Å². The van der Waals surface area contributed by atoms with Gasteiger partial charge in [0.15, 0.2) is 5.78 Å². The second-order valence-electron chi connectivity index (χ2n) is 4.66. The Morgan fingerprint density at radius 3 is 2.17 bits per heavy atom. The molecular weight excluding hydrogens is 150 g/mol. The first-order valence-corrected chi connectivity index (χ1v) is 4.76. The van der Waals surface area contributed by atoms with Gasteiger partial charge in [-0.05, 0) is 25.9 Å². The van der Waals surface area contributed by atoms with Crippen LogP contribution in [0.5, 0.6) is 0 Å². The molecule has 1 aliphatic heterocycles. The van der Waals surface area contributed by atoms with Crippen LogP contribution in [0.15, 0.2) is 0 Å². The smallest absolute Gasteiger partial charge is 0.152 e. The number of hydrogen-bond donors (Lipinski definition) is 0. The molecule has 0 N–H and O–H groups in total. The van der Waals surface area contributed by atoms with Gasteiger partial charge >= 0.3 is 0 Å². The molecular formula is C10H19NO. The number of hydrogen-bond acceptors (Lipinski definition) is 2. The van der Waals surface area contributed by atoms with Gasteiger partial charge in [0, 0.05) is 5.41 Å². The molecule has 0 aromatic carbocycles. The Morgan fingerprint density at radius 2 is 1.75 bits per heavy atom. The Morgan fingerprint density at radius 1 is 1.25 bits per heavy atom. The predicted octanol–water partition coefficient (Wildman–Crippen LogP) is 1.70. The first-order chi connectivity index (χ1) is 5.50. The topological polar surface area (TPSA) is 20.3 Å². The van der Waals surface area contributed by atoms with Crippen LogP contribution in [-0.2, 0) is 4.79 Å². The fourth-order valence-electron chi connectivity index (χ4n) is 1.38. The van der Waals surface area contributed by atoms with Gasteiger partial charge in [0.2, 0.25) is 0 Å². The van der Waals surface area contributed by atoms with Crippen LogP contribution in [0.2, 0.25) is 0 Å². The molecule has 0 unspecified atom stereocenters. The van der Waals surface area contributed by atoms with Gasteiger partial charge in [-0.25, -0.2) is 0 Å². The lowest BCUT2D eigenvalue weighted by Crippen LogP contribution is -2.34. The molecule has 1 saturated heterocycles. The van der Waals surface area contributed by atoms with Gasteiger partial charge in [-0.2, -0.15) is 0 Å². The molecule has 1 heterocycles. The van der Waals surface area contributed by atoms with Gasteiger partial charge in [-0.3, -0.25) is 9.69 Å². The van der Waals surface area contributed by atoms with Gasteiger partial charge < -0.3 is 0 Å². The van der Waals surface area contributed by atoms with E-state index in [2.05, 4.69) is 4.90 Å². The van der Waals surface area contributed by atoms with Crippen LogP contribution in [-0.4, -0.2) is 30.3 Å². The van der Waals surface area contributed by atoms with E-state index >= 15 is 0 Å². The lowest BCUT2D eigenvalue weighted by Gasteiger charge is -2.21. The predicted molar refractivity (Wildman–Crippen MR) is 50.1 cm³/mol. The number of likely N-dealkylation sites (tertiary alicyclic amines) is 1. The third-order valence-electron chi connectivity index (χ3n) is 2.40. The number of ketones is 1. The van der Waals surface area contributed by atoms with Gasteiger partial charge in [0.1, 0.15) is 0 Å². The van der Waals surface area contributed by atoms with Crippen molar-refractivity contribution in [2.24, 2.45) is 5.41 Å². The van der Waals surface area contributed by atoms with Crippen molar-refractivity contribution in [2.75, 3.05) is 19.6 Å². The SMILES string of the molecule is CC(C)(C)C(=O)CN1CCCC1. The second-order valence-corrected chi connectivity index (χ2v) is 4.66. The lowest BCUT2D eigenvalue weighted by atomic mass is 9.90. The Bertz CT molecular complexity index is 163. The van der Waals surface area contributed by atoms with Crippen molar-refractivity contribution < 1.29 is 4.79 Å². The maximum Gasteiger partial charge on any atom is 0.152 e. The van der Waals surface area contributed by atoms with E-state index in [0.717, 1.165) is 13.1 Å². The summed E-state index contributed by atoms with van der Waals surface area (Å²) >= 11 is 0. The number of carbonyl (C=O) groups excluding carboxylic acids is 1. The maximum atomic E-state index is 11.6. The summed E-state index contributed by atoms with van der Waals surface area (Å²) < 4.78 is 0. The maximum absolute atomic E-state index is 11.6. The number of carbonyl (C=O) groups is 1. The molecule has 0 bridgehead atoms. The van der Waals surface area contributed by atoms with E-state index in [4.69, 9.17) is 0 Å². The van der Waals surface area contributed by atoms with Crippen molar-refractivity contribution >= 4 is 5.78 Å². The fraction of sp³-hybridized carbons (Fsp3) is 0.900. The molecule has 0 atom stereocenters.